The third-order valence-electron chi connectivity index (χ3n) is 3.53. The molecule has 0 saturated carbocycles. The molecule has 0 aliphatic rings. The van der Waals surface area contributed by atoms with Gasteiger partial charge in [0.15, 0.2) is 6.10 Å². The fourth-order valence-electron chi connectivity index (χ4n) is 2.06. The molecule has 0 aliphatic heterocycles. The predicted octanol–water partition coefficient (Wildman–Crippen LogP) is 3.28. The highest BCUT2D eigenvalue weighted by molar-refractivity contribution is 5.97. The first-order valence-corrected chi connectivity index (χ1v) is 7.95. The Kier molecular flexibility index (Phi) is 6.00. The number of amides is 1. The summed E-state index contributed by atoms with van der Waals surface area (Å²) in [6, 6.07) is 11.3. The van der Waals surface area contributed by atoms with Crippen molar-refractivity contribution in [2.45, 2.75) is 26.9 Å². The summed E-state index contributed by atoms with van der Waals surface area (Å²) in [4.78, 5) is 24.2. The van der Waals surface area contributed by atoms with Gasteiger partial charge >= 0.3 is 5.97 Å². The molecule has 0 spiro atoms. The summed E-state index contributed by atoms with van der Waals surface area (Å²) >= 11 is 0. The Balaban J connectivity index is 1.94. The molecule has 2 aromatic rings. The average Bonchev–Trinajstić information content (AvgIpc) is 2.59. The van der Waals surface area contributed by atoms with Gasteiger partial charge in [-0.25, -0.2) is 4.79 Å². The molecule has 1 unspecified atom stereocenters. The van der Waals surface area contributed by atoms with Gasteiger partial charge in [0.25, 0.3) is 5.91 Å². The van der Waals surface area contributed by atoms with E-state index in [1.807, 2.05) is 6.92 Å². The fraction of sp³-hybridized carbons (Fsp3) is 0.263. The van der Waals surface area contributed by atoms with Crippen molar-refractivity contribution in [2.24, 2.45) is 0 Å². The Bertz CT molecular complexity index is 755. The zero-order chi connectivity index (χ0) is 18.4. The van der Waals surface area contributed by atoms with Crippen LogP contribution in [0.2, 0.25) is 0 Å². The minimum absolute atomic E-state index is 0.000873. The van der Waals surface area contributed by atoms with Crippen LogP contribution in [-0.2, 0) is 9.53 Å². The van der Waals surface area contributed by atoms with Crippen molar-refractivity contribution in [2.75, 3.05) is 11.9 Å². The Labute approximate surface area is 146 Å². The molecule has 1 amide bonds. The Morgan fingerprint density at radius 1 is 1.16 bits per heavy atom. The minimum atomic E-state index is -0.984. The van der Waals surface area contributed by atoms with E-state index in [0.717, 1.165) is 0 Å². The van der Waals surface area contributed by atoms with Crippen molar-refractivity contribution >= 4 is 17.6 Å². The maximum Gasteiger partial charge on any atom is 0.339 e. The number of hydrogen-bond acceptors (Lipinski definition) is 5. The lowest BCUT2D eigenvalue weighted by Crippen LogP contribution is -2.30. The molecular formula is C19H21NO5. The molecule has 2 N–H and O–H groups in total. The zero-order valence-corrected chi connectivity index (χ0v) is 14.4. The number of phenolic OH excluding ortho intramolecular Hbond substituents is 1. The Morgan fingerprint density at radius 3 is 2.44 bits per heavy atom. The number of ether oxygens (including phenoxy) is 2. The molecule has 2 aromatic carbocycles. The largest absolute Gasteiger partial charge is 0.508 e. The number of anilines is 1. The summed E-state index contributed by atoms with van der Waals surface area (Å²) in [5, 5.41) is 12.3. The molecule has 6 heteroatoms. The molecule has 0 heterocycles. The van der Waals surface area contributed by atoms with E-state index < -0.39 is 18.0 Å². The van der Waals surface area contributed by atoms with E-state index in [-0.39, 0.29) is 11.3 Å². The van der Waals surface area contributed by atoms with Gasteiger partial charge < -0.3 is 19.9 Å². The number of phenols is 1. The van der Waals surface area contributed by atoms with E-state index >= 15 is 0 Å². The van der Waals surface area contributed by atoms with Crippen molar-refractivity contribution in [1.82, 2.24) is 0 Å². The summed E-state index contributed by atoms with van der Waals surface area (Å²) in [5.74, 6) is -0.418. The van der Waals surface area contributed by atoms with E-state index in [9.17, 15) is 14.7 Å². The smallest absolute Gasteiger partial charge is 0.339 e. The molecule has 6 nitrogen and oxygen atoms in total. The normalized spacial score (nSPS) is 11.5. The van der Waals surface area contributed by atoms with Crippen molar-refractivity contribution in [1.29, 1.82) is 0 Å². The topological polar surface area (TPSA) is 84.9 Å². The SMILES string of the molecule is CCOc1ccc(NC(=O)C(C)OC(=O)c2ccc(C)c(O)c2)cc1. The molecule has 0 aliphatic carbocycles. The lowest BCUT2D eigenvalue weighted by atomic mass is 10.1. The number of nitrogens with one attached hydrogen (secondary N) is 1. The van der Waals surface area contributed by atoms with Gasteiger partial charge in [-0.1, -0.05) is 6.07 Å². The third-order valence-corrected chi connectivity index (χ3v) is 3.53. The van der Waals surface area contributed by atoms with Crippen molar-refractivity contribution in [3.63, 3.8) is 0 Å². The van der Waals surface area contributed by atoms with Gasteiger partial charge in [-0.2, -0.15) is 0 Å². The van der Waals surface area contributed by atoms with Crippen LogP contribution in [0.1, 0.15) is 29.8 Å². The van der Waals surface area contributed by atoms with Crippen LogP contribution in [0.4, 0.5) is 5.69 Å². The standard InChI is InChI=1S/C19H21NO5/c1-4-24-16-9-7-15(8-10-16)20-18(22)13(3)25-19(23)14-6-5-12(2)17(21)11-14/h5-11,13,21H,4H2,1-3H3,(H,20,22). The van der Waals surface area contributed by atoms with Crippen LogP contribution in [0.3, 0.4) is 0 Å². The van der Waals surface area contributed by atoms with E-state index in [1.165, 1.54) is 19.1 Å². The van der Waals surface area contributed by atoms with Crippen LogP contribution in [0.25, 0.3) is 0 Å². The van der Waals surface area contributed by atoms with Crippen LogP contribution in [0, 0.1) is 6.92 Å². The van der Waals surface area contributed by atoms with Crippen LogP contribution in [0.15, 0.2) is 42.5 Å². The van der Waals surface area contributed by atoms with Crippen molar-refractivity contribution in [3.8, 4) is 11.5 Å². The maximum atomic E-state index is 12.1. The van der Waals surface area contributed by atoms with Gasteiger partial charge in [-0.05, 0) is 62.7 Å². The van der Waals surface area contributed by atoms with Gasteiger partial charge in [-0.3, -0.25) is 4.79 Å². The summed E-state index contributed by atoms with van der Waals surface area (Å²) in [6.45, 7) is 5.65. The molecular weight excluding hydrogens is 322 g/mol. The second-order valence-corrected chi connectivity index (χ2v) is 5.50. The molecule has 2 rings (SSSR count). The highest BCUT2D eigenvalue weighted by atomic mass is 16.5. The van der Waals surface area contributed by atoms with Gasteiger partial charge in [0.05, 0.1) is 12.2 Å². The molecule has 0 saturated heterocycles. The summed E-state index contributed by atoms with van der Waals surface area (Å²) < 4.78 is 10.5. The number of aromatic hydroxyl groups is 1. The van der Waals surface area contributed by atoms with Crippen LogP contribution >= 0.6 is 0 Å². The Morgan fingerprint density at radius 2 is 1.84 bits per heavy atom. The lowest BCUT2D eigenvalue weighted by Gasteiger charge is -2.14. The number of esters is 1. The monoisotopic (exact) mass is 343 g/mol. The maximum absolute atomic E-state index is 12.1. The Hall–Kier alpha value is -3.02. The second kappa shape index (κ2) is 8.19. The summed E-state index contributed by atoms with van der Waals surface area (Å²) in [7, 11) is 0. The number of hydrogen-bond donors (Lipinski definition) is 2. The van der Waals surface area contributed by atoms with Crippen LogP contribution in [0.5, 0.6) is 11.5 Å². The second-order valence-electron chi connectivity index (χ2n) is 5.50. The molecule has 25 heavy (non-hydrogen) atoms. The number of rotatable bonds is 6. The number of aryl methyl sites for hydroxylation is 1. The van der Waals surface area contributed by atoms with E-state index in [2.05, 4.69) is 5.32 Å². The van der Waals surface area contributed by atoms with Crippen molar-refractivity contribution in [3.05, 3.63) is 53.6 Å². The minimum Gasteiger partial charge on any atom is -0.508 e. The van der Waals surface area contributed by atoms with Gasteiger partial charge in [0, 0.05) is 5.69 Å². The molecule has 1 atom stereocenters. The number of carbonyl (C=O) groups is 2. The van der Waals surface area contributed by atoms with Crippen molar-refractivity contribution < 1.29 is 24.2 Å². The van der Waals surface area contributed by atoms with Gasteiger partial charge in [0.2, 0.25) is 0 Å². The summed E-state index contributed by atoms with van der Waals surface area (Å²) in [6.07, 6.45) is -0.984. The highest BCUT2D eigenvalue weighted by Crippen LogP contribution is 2.19. The number of benzene rings is 2. The highest BCUT2D eigenvalue weighted by Gasteiger charge is 2.19. The zero-order valence-electron chi connectivity index (χ0n) is 14.4. The van der Waals surface area contributed by atoms with Gasteiger partial charge in [0.1, 0.15) is 11.5 Å². The quantitative estimate of drug-likeness (QED) is 0.786. The molecule has 0 radical (unpaired) electrons. The fourth-order valence-corrected chi connectivity index (χ4v) is 2.06. The first-order chi connectivity index (χ1) is 11.9. The molecule has 0 aromatic heterocycles. The summed E-state index contributed by atoms with van der Waals surface area (Å²) in [5.41, 5.74) is 1.41. The van der Waals surface area contributed by atoms with Gasteiger partial charge in [-0.15, -0.1) is 0 Å². The number of carbonyl (C=O) groups excluding carboxylic acids is 2. The van der Waals surface area contributed by atoms with E-state index in [0.29, 0.717) is 23.6 Å². The predicted molar refractivity (Wildman–Crippen MR) is 94.0 cm³/mol. The average molecular weight is 343 g/mol. The van der Waals surface area contributed by atoms with E-state index in [1.54, 1.807) is 37.3 Å². The lowest BCUT2D eigenvalue weighted by molar-refractivity contribution is -0.123. The first-order valence-electron chi connectivity index (χ1n) is 7.95. The third kappa shape index (κ3) is 4.97. The molecule has 0 fully saturated rings. The molecule has 0 bridgehead atoms. The van der Waals surface area contributed by atoms with Crippen LogP contribution in [-0.4, -0.2) is 29.7 Å². The van der Waals surface area contributed by atoms with E-state index in [4.69, 9.17) is 9.47 Å². The molecule has 132 valence electrons. The first kappa shape index (κ1) is 18.3. The van der Waals surface area contributed by atoms with Crippen LogP contribution < -0.4 is 10.1 Å².